The number of carbonyl (C=O) groups excluding carboxylic acids is 1. The maximum Gasteiger partial charge on any atom is 0.257 e. The number of halogens is 1. The van der Waals surface area contributed by atoms with Crippen molar-refractivity contribution in [1.29, 1.82) is 0 Å². The third kappa shape index (κ3) is 3.63. The van der Waals surface area contributed by atoms with E-state index in [1.54, 1.807) is 37.3 Å². The Kier molecular flexibility index (Phi) is 4.82. The van der Waals surface area contributed by atoms with Crippen molar-refractivity contribution in [3.8, 4) is 5.75 Å². The second kappa shape index (κ2) is 5.92. The Morgan fingerprint density at radius 1 is 1.47 bits per heavy atom. The summed E-state index contributed by atoms with van der Waals surface area (Å²) in [7, 11) is 3.32. The van der Waals surface area contributed by atoms with Crippen LogP contribution in [0.5, 0.6) is 5.75 Å². The zero-order valence-electron chi connectivity index (χ0n) is 10.7. The molecule has 0 fully saturated rings. The number of hydrogen-bond donors (Lipinski definition) is 0. The van der Waals surface area contributed by atoms with Crippen molar-refractivity contribution in [3.63, 3.8) is 0 Å². The lowest BCUT2D eigenvalue weighted by atomic mass is 10.1. The van der Waals surface area contributed by atoms with E-state index in [2.05, 4.69) is 13.8 Å². The van der Waals surface area contributed by atoms with Gasteiger partial charge in [-0.05, 0) is 24.1 Å². The zero-order valence-corrected chi connectivity index (χ0v) is 11.4. The molecular formula is C13H18ClNO2. The van der Waals surface area contributed by atoms with Gasteiger partial charge in [0.2, 0.25) is 0 Å². The number of benzene rings is 1. The van der Waals surface area contributed by atoms with E-state index in [1.165, 1.54) is 0 Å². The molecule has 0 saturated carbocycles. The number of hydrogen-bond acceptors (Lipinski definition) is 2. The van der Waals surface area contributed by atoms with Crippen molar-refractivity contribution in [2.45, 2.75) is 13.8 Å². The van der Waals surface area contributed by atoms with Gasteiger partial charge in [-0.1, -0.05) is 25.4 Å². The van der Waals surface area contributed by atoms with Crippen molar-refractivity contribution in [2.75, 3.05) is 20.7 Å². The highest BCUT2D eigenvalue weighted by atomic mass is 35.5. The smallest absolute Gasteiger partial charge is 0.257 e. The first-order valence-corrected chi connectivity index (χ1v) is 5.92. The number of carbonyl (C=O) groups is 1. The van der Waals surface area contributed by atoms with E-state index in [0.717, 1.165) is 0 Å². The Bertz CT molecular complexity index is 404. The lowest BCUT2D eigenvalue weighted by Crippen LogP contribution is -2.30. The van der Waals surface area contributed by atoms with Crippen LogP contribution in [0.15, 0.2) is 18.2 Å². The van der Waals surface area contributed by atoms with E-state index in [4.69, 9.17) is 16.3 Å². The minimum absolute atomic E-state index is 0.0712. The van der Waals surface area contributed by atoms with Crippen LogP contribution in [0.25, 0.3) is 0 Å². The van der Waals surface area contributed by atoms with Gasteiger partial charge < -0.3 is 9.64 Å². The standard InChI is InChI=1S/C13H18ClNO2/c1-9(2)8-15(3)13(16)11-7-10(14)5-6-12(11)17-4/h5-7,9H,8H2,1-4H3. The zero-order chi connectivity index (χ0) is 13.0. The molecular weight excluding hydrogens is 238 g/mol. The van der Waals surface area contributed by atoms with Crippen LogP contribution in [-0.4, -0.2) is 31.5 Å². The summed E-state index contributed by atoms with van der Waals surface area (Å²) in [5.74, 6) is 0.905. The van der Waals surface area contributed by atoms with Crippen molar-refractivity contribution in [3.05, 3.63) is 28.8 Å². The monoisotopic (exact) mass is 255 g/mol. The van der Waals surface area contributed by atoms with Gasteiger partial charge in [0.25, 0.3) is 5.91 Å². The van der Waals surface area contributed by atoms with E-state index in [-0.39, 0.29) is 5.91 Å². The van der Waals surface area contributed by atoms with Gasteiger partial charge in [0.05, 0.1) is 12.7 Å². The molecule has 0 bridgehead atoms. The molecule has 4 heteroatoms. The maximum atomic E-state index is 12.2. The molecule has 0 aliphatic rings. The highest BCUT2D eigenvalue weighted by Crippen LogP contribution is 2.23. The highest BCUT2D eigenvalue weighted by Gasteiger charge is 2.17. The molecule has 0 N–H and O–H groups in total. The lowest BCUT2D eigenvalue weighted by Gasteiger charge is -2.20. The average Bonchev–Trinajstić information content (AvgIpc) is 2.27. The minimum atomic E-state index is -0.0712. The van der Waals surface area contributed by atoms with E-state index >= 15 is 0 Å². The normalized spacial score (nSPS) is 10.5. The molecule has 0 aromatic heterocycles. The van der Waals surface area contributed by atoms with Crippen LogP contribution in [0, 0.1) is 5.92 Å². The van der Waals surface area contributed by atoms with Crippen LogP contribution < -0.4 is 4.74 Å². The van der Waals surface area contributed by atoms with E-state index in [1.807, 2.05) is 0 Å². The second-order valence-electron chi connectivity index (χ2n) is 4.42. The summed E-state index contributed by atoms with van der Waals surface area (Å²) in [6.45, 7) is 4.84. The predicted molar refractivity (Wildman–Crippen MR) is 69.8 cm³/mol. The molecule has 0 heterocycles. The first-order valence-electron chi connectivity index (χ1n) is 5.54. The molecule has 94 valence electrons. The maximum absolute atomic E-state index is 12.2. The lowest BCUT2D eigenvalue weighted by molar-refractivity contribution is 0.0776. The third-order valence-electron chi connectivity index (χ3n) is 2.38. The van der Waals surface area contributed by atoms with Crippen LogP contribution >= 0.6 is 11.6 Å². The summed E-state index contributed by atoms with van der Waals surface area (Å²) >= 11 is 5.90. The van der Waals surface area contributed by atoms with Crippen LogP contribution in [0.4, 0.5) is 0 Å². The summed E-state index contributed by atoms with van der Waals surface area (Å²) < 4.78 is 5.17. The average molecular weight is 256 g/mol. The van der Waals surface area contributed by atoms with Gasteiger partial charge in [-0.15, -0.1) is 0 Å². The Balaban J connectivity index is 2.98. The van der Waals surface area contributed by atoms with Gasteiger partial charge in [-0.3, -0.25) is 4.79 Å². The minimum Gasteiger partial charge on any atom is -0.496 e. The second-order valence-corrected chi connectivity index (χ2v) is 4.86. The molecule has 1 aromatic rings. The molecule has 0 spiro atoms. The topological polar surface area (TPSA) is 29.5 Å². The molecule has 0 aliphatic heterocycles. The fourth-order valence-corrected chi connectivity index (χ4v) is 1.86. The molecule has 1 amide bonds. The first kappa shape index (κ1) is 13.8. The number of amides is 1. The van der Waals surface area contributed by atoms with Crippen LogP contribution in [0.3, 0.4) is 0 Å². The van der Waals surface area contributed by atoms with E-state index in [9.17, 15) is 4.79 Å². The molecule has 1 aromatic carbocycles. The SMILES string of the molecule is COc1ccc(Cl)cc1C(=O)N(C)CC(C)C. The van der Waals surface area contributed by atoms with Crippen LogP contribution in [0.1, 0.15) is 24.2 Å². The number of ether oxygens (including phenoxy) is 1. The molecule has 0 radical (unpaired) electrons. The first-order chi connectivity index (χ1) is 7.95. The van der Waals surface area contributed by atoms with Gasteiger partial charge >= 0.3 is 0 Å². The Morgan fingerprint density at radius 3 is 2.65 bits per heavy atom. The van der Waals surface area contributed by atoms with Gasteiger partial charge in [0, 0.05) is 18.6 Å². The van der Waals surface area contributed by atoms with E-state index < -0.39 is 0 Å². The number of methoxy groups -OCH3 is 1. The van der Waals surface area contributed by atoms with Gasteiger partial charge in [-0.25, -0.2) is 0 Å². The third-order valence-corrected chi connectivity index (χ3v) is 2.61. The predicted octanol–water partition coefficient (Wildman–Crippen LogP) is 3.08. The van der Waals surface area contributed by atoms with Crippen LogP contribution in [0.2, 0.25) is 5.02 Å². The van der Waals surface area contributed by atoms with E-state index in [0.29, 0.717) is 28.8 Å². The number of nitrogens with zero attached hydrogens (tertiary/aromatic N) is 1. The molecule has 3 nitrogen and oxygen atoms in total. The summed E-state index contributed by atoms with van der Waals surface area (Å²) in [5.41, 5.74) is 0.503. The van der Waals surface area contributed by atoms with Crippen LogP contribution in [-0.2, 0) is 0 Å². The van der Waals surface area contributed by atoms with Crippen molar-refractivity contribution in [2.24, 2.45) is 5.92 Å². The summed E-state index contributed by atoms with van der Waals surface area (Å²) in [4.78, 5) is 13.9. The Hall–Kier alpha value is -1.22. The highest BCUT2D eigenvalue weighted by molar-refractivity contribution is 6.31. The summed E-state index contributed by atoms with van der Waals surface area (Å²) in [5, 5.41) is 0.534. The fourth-order valence-electron chi connectivity index (χ4n) is 1.68. The largest absolute Gasteiger partial charge is 0.496 e. The molecule has 0 saturated heterocycles. The Labute approximate surface area is 107 Å². The van der Waals surface area contributed by atoms with Crippen molar-refractivity contribution in [1.82, 2.24) is 4.90 Å². The molecule has 0 atom stereocenters. The quantitative estimate of drug-likeness (QED) is 0.828. The molecule has 1 rings (SSSR count). The summed E-state index contributed by atoms with van der Waals surface area (Å²) in [6, 6.07) is 5.05. The van der Waals surface area contributed by atoms with Crippen molar-refractivity contribution < 1.29 is 9.53 Å². The van der Waals surface area contributed by atoms with Gasteiger partial charge in [0.15, 0.2) is 0 Å². The molecule has 17 heavy (non-hydrogen) atoms. The van der Waals surface area contributed by atoms with Crippen molar-refractivity contribution >= 4 is 17.5 Å². The fraction of sp³-hybridized carbons (Fsp3) is 0.462. The Morgan fingerprint density at radius 2 is 2.12 bits per heavy atom. The van der Waals surface area contributed by atoms with Gasteiger partial charge in [0.1, 0.15) is 5.75 Å². The summed E-state index contributed by atoms with van der Waals surface area (Å²) in [6.07, 6.45) is 0. The molecule has 0 aliphatic carbocycles. The molecule has 0 unspecified atom stereocenters. The van der Waals surface area contributed by atoms with Gasteiger partial charge in [-0.2, -0.15) is 0 Å². The number of rotatable bonds is 4.